The summed E-state index contributed by atoms with van der Waals surface area (Å²) in [6, 6.07) is 0.726. The van der Waals surface area contributed by atoms with Crippen molar-refractivity contribution in [2.75, 3.05) is 46.6 Å². The van der Waals surface area contributed by atoms with Crippen molar-refractivity contribution in [3.8, 4) is 0 Å². The molecule has 1 saturated heterocycles. The average molecular weight is 284 g/mol. The Balaban J connectivity index is 1.72. The molecule has 1 aliphatic heterocycles. The summed E-state index contributed by atoms with van der Waals surface area (Å²) in [7, 11) is 1.72. The van der Waals surface area contributed by atoms with Crippen LogP contribution in [0.3, 0.4) is 0 Å². The Morgan fingerprint density at radius 3 is 2.70 bits per heavy atom. The van der Waals surface area contributed by atoms with E-state index in [1.165, 1.54) is 25.8 Å². The number of nitrogens with zero attached hydrogens (tertiary/aromatic N) is 1. The van der Waals surface area contributed by atoms with Crippen LogP contribution in [0.1, 0.15) is 39.5 Å². The molecule has 0 radical (unpaired) electrons. The Hall–Kier alpha value is -0.160. The maximum atomic E-state index is 5.59. The first-order chi connectivity index (χ1) is 9.69. The molecular formula is C16H32N2O2. The number of rotatable bonds is 9. The monoisotopic (exact) mass is 284 g/mol. The van der Waals surface area contributed by atoms with Gasteiger partial charge in [-0.15, -0.1) is 0 Å². The van der Waals surface area contributed by atoms with Gasteiger partial charge in [0, 0.05) is 44.9 Å². The number of hydrogen-bond acceptors (Lipinski definition) is 4. The third kappa shape index (κ3) is 4.42. The number of ether oxygens (including phenoxy) is 2. The minimum atomic E-state index is 0.317. The Labute approximate surface area is 124 Å². The van der Waals surface area contributed by atoms with E-state index < -0.39 is 0 Å². The second kappa shape index (κ2) is 7.74. The number of nitrogens with one attached hydrogen (secondary N) is 1. The Morgan fingerprint density at radius 1 is 1.25 bits per heavy atom. The quantitative estimate of drug-likeness (QED) is 0.656. The lowest BCUT2D eigenvalue weighted by Gasteiger charge is -2.48. The molecule has 2 atom stereocenters. The molecule has 4 nitrogen and oxygen atoms in total. The molecule has 0 aromatic rings. The largest absolute Gasteiger partial charge is 0.382 e. The highest BCUT2D eigenvalue weighted by Gasteiger charge is 2.41. The lowest BCUT2D eigenvalue weighted by molar-refractivity contribution is 0.0262. The molecule has 0 aromatic carbocycles. The SMILES string of the molecule is CCC1(C)CNC(C2CC2)CN1CCCOCCOC. The van der Waals surface area contributed by atoms with Gasteiger partial charge in [0.1, 0.15) is 0 Å². The molecule has 0 bridgehead atoms. The lowest BCUT2D eigenvalue weighted by atomic mass is 9.91. The van der Waals surface area contributed by atoms with Gasteiger partial charge in [0.2, 0.25) is 0 Å². The van der Waals surface area contributed by atoms with Crippen molar-refractivity contribution in [1.82, 2.24) is 10.2 Å². The third-order valence-electron chi connectivity index (χ3n) is 5.03. The third-order valence-corrected chi connectivity index (χ3v) is 5.03. The van der Waals surface area contributed by atoms with E-state index in [1.807, 2.05) is 0 Å². The molecule has 20 heavy (non-hydrogen) atoms. The van der Waals surface area contributed by atoms with Crippen LogP contribution in [-0.4, -0.2) is 63.0 Å². The lowest BCUT2D eigenvalue weighted by Crippen LogP contribution is -2.63. The second-order valence-corrected chi connectivity index (χ2v) is 6.58. The van der Waals surface area contributed by atoms with Crippen LogP contribution in [0.2, 0.25) is 0 Å². The van der Waals surface area contributed by atoms with Crippen LogP contribution in [0, 0.1) is 5.92 Å². The fraction of sp³-hybridized carbons (Fsp3) is 1.00. The average Bonchev–Trinajstić information content (AvgIpc) is 3.29. The molecule has 1 aliphatic carbocycles. The molecule has 0 amide bonds. The highest BCUT2D eigenvalue weighted by atomic mass is 16.5. The topological polar surface area (TPSA) is 33.7 Å². The molecule has 2 aliphatic rings. The molecule has 2 fully saturated rings. The molecule has 0 spiro atoms. The maximum Gasteiger partial charge on any atom is 0.0700 e. The first-order valence-corrected chi connectivity index (χ1v) is 8.24. The predicted molar refractivity (Wildman–Crippen MR) is 82.1 cm³/mol. The van der Waals surface area contributed by atoms with Gasteiger partial charge in [-0.3, -0.25) is 4.90 Å². The van der Waals surface area contributed by atoms with Crippen molar-refractivity contribution in [3.05, 3.63) is 0 Å². The summed E-state index contributed by atoms with van der Waals surface area (Å²) in [5, 5.41) is 3.78. The van der Waals surface area contributed by atoms with Crippen LogP contribution in [0.15, 0.2) is 0 Å². The van der Waals surface area contributed by atoms with Gasteiger partial charge in [-0.05, 0) is 38.5 Å². The van der Waals surface area contributed by atoms with E-state index in [2.05, 4.69) is 24.1 Å². The zero-order valence-electron chi connectivity index (χ0n) is 13.5. The van der Waals surface area contributed by atoms with Crippen LogP contribution in [-0.2, 0) is 9.47 Å². The van der Waals surface area contributed by atoms with Gasteiger partial charge in [0.05, 0.1) is 13.2 Å². The second-order valence-electron chi connectivity index (χ2n) is 6.58. The summed E-state index contributed by atoms with van der Waals surface area (Å²) in [4.78, 5) is 2.70. The highest BCUT2D eigenvalue weighted by Crippen LogP contribution is 2.36. The van der Waals surface area contributed by atoms with Crippen LogP contribution >= 0.6 is 0 Å². The van der Waals surface area contributed by atoms with E-state index in [1.54, 1.807) is 7.11 Å². The molecule has 0 aromatic heterocycles. The molecule has 118 valence electrons. The first kappa shape index (κ1) is 16.2. The Morgan fingerprint density at radius 2 is 2.05 bits per heavy atom. The smallest absolute Gasteiger partial charge is 0.0700 e. The summed E-state index contributed by atoms with van der Waals surface area (Å²) < 4.78 is 10.6. The fourth-order valence-corrected chi connectivity index (χ4v) is 3.11. The predicted octanol–water partition coefficient (Wildman–Crippen LogP) is 1.89. The molecular weight excluding hydrogens is 252 g/mol. The van der Waals surface area contributed by atoms with Gasteiger partial charge in [-0.1, -0.05) is 6.92 Å². The number of hydrogen-bond donors (Lipinski definition) is 1. The summed E-state index contributed by atoms with van der Waals surface area (Å²) in [6.07, 6.45) is 5.18. The minimum absolute atomic E-state index is 0.317. The first-order valence-electron chi connectivity index (χ1n) is 8.24. The van der Waals surface area contributed by atoms with E-state index in [-0.39, 0.29) is 0 Å². The maximum absolute atomic E-state index is 5.59. The molecule has 4 heteroatoms. The van der Waals surface area contributed by atoms with Gasteiger partial charge < -0.3 is 14.8 Å². The van der Waals surface area contributed by atoms with E-state index in [0.717, 1.165) is 38.1 Å². The Kier molecular flexibility index (Phi) is 6.27. The van der Waals surface area contributed by atoms with Gasteiger partial charge in [0.25, 0.3) is 0 Å². The highest BCUT2D eigenvalue weighted by molar-refractivity contribution is 4.99. The Bertz CT molecular complexity index is 284. The summed E-state index contributed by atoms with van der Waals surface area (Å²) in [5.41, 5.74) is 0.317. The van der Waals surface area contributed by atoms with Gasteiger partial charge in [-0.25, -0.2) is 0 Å². The fourth-order valence-electron chi connectivity index (χ4n) is 3.11. The molecule has 2 rings (SSSR count). The summed E-state index contributed by atoms with van der Waals surface area (Å²) in [5.74, 6) is 0.942. The van der Waals surface area contributed by atoms with Crippen molar-refractivity contribution in [2.45, 2.75) is 51.1 Å². The van der Waals surface area contributed by atoms with E-state index in [9.17, 15) is 0 Å². The van der Waals surface area contributed by atoms with E-state index >= 15 is 0 Å². The van der Waals surface area contributed by atoms with E-state index in [0.29, 0.717) is 18.8 Å². The zero-order chi connectivity index (χ0) is 14.4. The zero-order valence-corrected chi connectivity index (χ0v) is 13.5. The number of piperazine rings is 1. The van der Waals surface area contributed by atoms with Crippen molar-refractivity contribution in [2.24, 2.45) is 5.92 Å². The standard InChI is InChI=1S/C16H32N2O2/c1-4-16(2)13-17-15(14-6-7-14)12-18(16)8-5-9-20-11-10-19-3/h14-15,17H,4-13H2,1-3H3. The number of methoxy groups -OCH3 is 1. The summed E-state index contributed by atoms with van der Waals surface area (Å²) >= 11 is 0. The van der Waals surface area contributed by atoms with Gasteiger partial charge >= 0.3 is 0 Å². The summed E-state index contributed by atoms with van der Waals surface area (Å²) in [6.45, 7) is 10.5. The van der Waals surface area contributed by atoms with Gasteiger partial charge in [-0.2, -0.15) is 0 Å². The molecule has 1 N–H and O–H groups in total. The van der Waals surface area contributed by atoms with Crippen molar-refractivity contribution >= 4 is 0 Å². The van der Waals surface area contributed by atoms with Crippen molar-refractivity contribution in [1.29, 1.82) is 0 Å². The van der Waals surface area contributed by atoms with Crippen molar-refractivity contribution in [3.63, 3.8) is 0 Å². The minimum Gasteiger partial charge on any atom is -0.382 e. The normalized spacial score (nSPS) is 31.6. The molecule has 1 heterocycles. The molecule has 1 saturated carbocycles. The van der Waals surface area contributed by atoms with Crippen LogP contribution < -0.4 is 5.32 Å². The van der Waals surface area contributed by atoms with Gasteiger partial charge in [0.15, 0.2) is 0 Å². The van der Waals surface area contributed by atoms with Crippen LogP contribution in [0.25, 0.3) is 0 Å². The molecule has 2 unspecified atom stereocenters. The van der Waals surface area contributed by atoms with Crippen LogP contribution in [0.5, 0.6) is 0 Å². The van der Waals surface area contributed by atoms with Crippen LogP contribution in [0.4, 0.5) is 0 Å². The van der Waals surface area contributed by atoms with E-state index in [4.69, 9.17) is 9.47 Å². The van der Waals surface area contributed by atoms with Crippen molar-refractivity contribution < 1.29 is 9.47 Å².